The molecule has 1 aromatic rings. The van der Waals surface area contributed by atoms with E-state index in [0.717, 1.165) is 25.1 Å². The van der Waals surface area contributed by atoms with Crippen molar-refractivity contribution in [3.8, 4) is 5.75 Å². The monoisotopic (exact) mass is 287 g/mol. The Morgan fingerprint density at radius 2 is 2.19 bits per heavy atom. The highest BCUT2D eigenvalue weighted by Gasteiger charge is 2.21. The Balaban J connectivity index is 2.31. The summed E-state index contributed by atoms with van der Waals surface area (Å²) in [4.78, 5) is 13.6. The lowest BCUT2D eigenvalue weighted by Gasteiger charge is -2.29. The summed E-state index contributed by atoms with van der Waals surface area (Å²) >= 11 is 0. The molecule has 0 radical (unpaired) electrons. The third kappa shape index (κ3) is 3.66. The molecule has 3 heteroatoms. The Labute approximate surface area is 127 Å². The molecular formula is C18H25NO2. The van der Waals surface area contributed by atoms with Crippen molar-refractivity contribution in [2.24, 2.45) is 5.92 Å². The number of ether oxygens (including phenoxy) is 1. The number of nitrogens with zero attached hydrogens (tertiary/aromatic N) is 1. The van der Waals surface area contributed by atoms with Crippen LogP contribution in [0.3, 0.4) is 0 Å². The number of hydrogen-bond acceptors (Lipinski definition) is 2. The summed E-state index contributed by atoms with van der Waals surface area (Å²) in [6.45, 7) is 12.1. The van der Waals surface area contributed by atoms with Crippen LogP contribution in [0, 0.1) is 5.92 Å². The van der Waals surface area contributed by atoms with Gasteiger partial charge in [-0.1, -0.05) is 26.5 Å². The first-order chi connectivity index (χ1) is 10.0. The molecule has 0 unspecified atom stereocenters. The van der Waals surface area contributed by atoms with Gasteiger partial charge in [0.15, 0.2) is 0 Å². The lowest BCUT2D eigenvalue weighted by molar-refractivity contribution is -0.126. The van der Waals surface area contributed by atoms with Crippen LogP contribution in [0.15, 0.2) is 24.8 Å². The van der Waals surface area contributed by atoms with Crippen molar-refractivity contribution in [1.29, 1.82) is 0 Å². The number of hydrogen-bond donors (Lipinski definition) is 0. The van der Waals surface area contributed by atoms with E-state index in [2.05, 4.69) is 32.6 Å². The third-order valence-corrected chi connectivity index (χ3v) is 3.81. The zero-order valence-electron chi connectivity index (χ0n) is 13.3. The lowest BCUT2D eigenvalue weighted by Crippen LogP contribution is -2.34. The Morgan fingerprint density at radius 3 is 2.81 bits per heavy atom. The van der Waals surface area contributed by atoms with E-state index in [1.54, 1.807) is 0 Å². The quantitative estimate of drug-likeness (QED) is 0.777. The van der Waals surface area contributed by atoms with Crippen LogP contribution in [0.2, 0.25) is 0 Å². The van der Waals surface area contributed by atoms with Crippen LogP contribution in [-0.2, 0) is 24.2 Å². The zero-order chi connectivity index (χ0) is 15.4. The molecule has 0 saturated heterocycles. The van der Waals surface area contributed by atoms with E-state index in [-0.39, 0.29) is 5.91 Å². The van der Waals surface area contributed by atoms with Crippen LogP contribution in [-0.4, -0.2) is 24.0 Å². The molecule has 1 heterocycles. The predicted molar refractivity (Wildman–Crippen MR) is 85.5 cm³/mol. The highest BCUT2D eigenvalue weighted by molar-refractivity contribution is 5.87. The summed E-state index contributed by atoms with van der Waals surface area (Å²) in [6.07, 6.45) is 3.28. The average molecular weight is 287 g/mol. The maximum Gasteiger partial charge on any atom is 0.246 e. The molecule has 114 valence electrons. The molecule has 0 aliphatic carbocycles. The summed E-state index contributed by atoms with van der Waals surface area (Å²) in [6, 6.07) is 4.40. The Kier molecular flexibility index (Phi) is 5.05. The fourth-order valence-electron chi connectivity index (χ4n) is 2.84. The Bertz CT molecular complexity index is 534. The first-order valence-corrected chi connectivity index (χ1v) is 7.74. The summed E-state index contributed by atoms with van der Waals surface area (Å²) in [5.41, 5.74) is 3.80. The first kappa shape index (κ1) is 15.6. The number of benzene rings is 1. The van der Waals surface area contributed by atoms with Gasteiger partial charge in [0.05, 0.1) is 6.61 Å². The predicted octanol–water partition coefficient (Wildman–Crippen LogP) is 3.35. The zero-order valence-corrected chi connectivity index (χ0v) is 13.3. The van der Waals surface area contributed by atoms with Crippen molar-refractivity contribution in [2.45, 2.75) is 40.2 Å². The van der Waals surface area contributed by atoms with Crippen molar-refractivity contribution in [3.05, 3.63) is 41.5 Å². The molecule has 0 bridgehead atoms. The van der Waals surface area contributed by atoms with Crippen LogP contribution in [0.4, 0.5) is 0 Å². The average Bonchev–Trinajstić information content (AvgIpc) is 2.46. The van der Waals surface area contributed by atoms with Crippen LogP contribution in [0.1, 0.15) is 37.5 Å². The van der Waals surface area contributed by atoms with Crippen LogP contribution in [0.25, 0.3) is 0 Å². The van der Waals surface area contributed by atoms with Gasteiger partial charge in [-0.2, -0.15) is 0 Å². The Morgan fingerprint density at radius 1 is 1.43 bits per heavy atom. The Hall–Kier alpha value is -1.77. The first-order valence-electron chi connectivity index (χ1n) is 7.74. The van der Waals surface area contributed by atoms with Crippen molar-refractivity contribution >= 4 is 5.91 Å². The van der Waals surface area contributed by atoms with E-state index in [1.165, 1.54) is 22.8 Å². The largest absolute Gasteiger partial charge is 0.494 e. The molecule has 0 saturated carbocycles. The normalized spacial score (nSPS) is 14.0. The van der Waals surface area contributed by atoms with Gasteiger partial charge in [0, 0.05) is 13.1 Å². The summed E-state index contributed by atoms with van der Waals surface area (Å²) in [7, 11) is 0. The number of carbonyl (C=O) groups is 1. The van der Waals surface area contributed by atoms with Gasteiger partial charge in [-0.05, 0) is 54.5 Å². The van der Waals surface area contributed by atoms with Gasteiger partial charge in [0.1, 0.15) is 5.75 Å². The van der Waals surface area contributed by atoms with Crippen molar-refractivity contribution < 1.29 is 9.53 Å². The van der Waals surface area contributed by atoms with Gasteiger partial charge in [0.2, 0.25) is 5.91 Å². The van der Waals surface area contributed by atoms with Crippen LogP contribution in [0.5, 0.6) is 5.75 Å². The molecule has 0 aromatic heterocycles. The summed E-state index contributed by atoms with van der Waals surface area (Å²) < 4.78 is 5.80. The molecule has 0 atom stereocenters. The summed E-state index contributed by atoms with van der Waals surface area (Å²) in [5, 5.41) is 0. The standard InChI is InChI=1S/C18H25NO2/c1-5-18(20)19-8-7-14-11-17(21-6-2)15(9-13(3)4)10-16(14)12-19/h5,10-11,13H,1,6-9,12H2,2-4H3. The number of fused-ring (bicyclic) bond motifs is 1. The van der Waals surface area contributed by atoms with Gasteiger partial charge in [0.25, 0.3) is 0 Å². The second-order valence-electron chi connectivity index (χ2n) is 5.97. The molecule has 21 heavy (non-hydrogen) atoms. The molecule has 0 fully saturated rings. The second kappa shape index (κ2) is 6.79. The minimum Gasteiger partial charge on any atom is -0.494 e. The smallest absolute Gasteiger partial charge is 0.246 e. The van der Waals surface area contributed by atoms with E-state index in [9.17, 15) is 4.79 Å². The highest BCUT2D eigenvalue weighted by Crippen LogP contribution is 2.30. The molecular weight excluding hydrogens is 262 g/mol. The van der Waals surface area contributed by atoms with Crippen molar-refractivity contribution in [3.63, 3.8) is 0 Å². The van der Waals surface area contributed by atoms with Gasteiger partial charge in [-0.15, -0.1) is 0 Å². The summed E-state index contributed by atoms with van der Waals surface area (Å²) in [5.74, 6) is 1.60. The fourth-order valence-corrected chi connectivity index (χ4v) is 2.84. The van der Waals surface area contributed by atoms with E-state index in [1.807, 2.05) is 11.8 Å². The molecule has 3 nitrogen and oxygen atoms in total. The molecule has 1 amide bonds. The third-order valence-electron chi connectivity index (χ3n) is 3.81. The maximum absolute atomic E-state index is 11.8. The molecule has 0 spiro atoms. The van der Waals surface area contributed by atoms with Gasteiger partial charge in [-0.3, -0.25) is 4.79 Å². The van der Waals surface area contributed by atoms with E-state index >= 15 is 0 Å². The molecule has 1 aliphatic heterocycles. The SMILES string of the molecule is C=CC(=O)N1CCc2cc(OCC)c(CC(C)C)cc2C1. The van der Waals surface area contributed by atoms with E-state index < -0.39 is 0 Å². The highest BCUT2D eigenvalue weighted by atomic mass is 16.5. The topological polar surface area (TPSA) is 29.5 Å². The van der Waals surface area contributed by atoms with E-state index in [0.29, 0.717) is 19.1 Å². The van der Waals surface area contributed by atoms with Gasteiger partial charge < -0.3 is 9.64 Å². The van der Waals surface area contributed by atoms with E-state index in [4.69, 9.17) is 4.74 Å². The fraction of sp³-hybridized carbons (Fsp3) is 0.500. The maximum atomic E-state index is 11.8. The van der Waals surface area contributed by atoms with Gasteiger partial charge >= 0.3 is 0 Å². The molecule has 0 N–H and O–H groups in total. The molecule has 1 aromatic carbocycles. The minimum absolute atomic E-state index is 0.0138. The number of amides is 1. The molecule has 2 rings (SSSR count). The van der Waals surface area contributed by atoms with Crippen molar-refractivity contribution in [2.75, 3.05) is 13.2 Å². The number of rotatable bonds is 5. The minimum atomic E-state index is 0.0138. The van der Waals surface area contributed by atoms with Crippen LogP contribution >= 0.6 is 0 Å². The van der Waals surface area contributed by atoms with Gasteiger partial charge in [-0.25, -0.2) is 0 Å². The second-order valence-corrected chi connectivity index (χ2v) is 5.97. The number of carbonyl (C=O) groups excluding carboxylic acids is 1. The lowest BCUT2D eigenvalue weighted by atomic mass is 9.93. The van der Waals surface area contributed by atoms with Crippen LogP contribution < -0.4 is 4.74 Å². The molecule has 1 aliphatic rings. The van der Waals surface area contributed by atoms with Crippen molar-refractivity contribution in [1.82, 2.24) is 4.90 Å².